The van der Waals surface area contributed by atoms with Crippen LogP contribution in [0.3, 0.4) is 0 Å². The summed E-state index contributed by atoms with van der Waals surface area (Å²) < 4.78 is 18.0. The minimum absolute atomic E-state index is 0.0601. The zero-order valence-electron chi connectivity index (χ0n) is 9.43. The van der Waals surface area contributed by atoms with Crippen molar-refractivity contribution in [2.45, 2.75) is 6.04 Å². The molecule has 96 valence electrons. The Morgan fingerprint density at radius 1 is 1.50 bits per heavy atom. The summed E-state index contributed by atoms with van der Waals surface area (Å²) in [7, 11) is 0. The van der Waals surface area contributed by atoms with Crippen LogP contribution in [0.5, 0.6) is 0 Å². The molecule has 0 spiro atoms. The van der Waals surface area contributed by atoms with Crippen molar-refractivity contribution in [3.05, 3.63) is 48.3 Å². The summed E-state index contributed by atoms with van der Waals surface area (Å²) in [5.74, 6) is -2.09. The van der Waals surface area contributed by atoms with Gasteiger partial charge in [-0.15, -0.1) is 0 Å². The van der Waals surface area contributed by atoms with Crippen LogP contribution in [0.4, 0.5) is 9.18 Å². The fourth-order valence-electron chi connectivity index (χ4n) is 1.28. The molecule has 0 bridgehead atoms. The van der Waals surface area contributed by atoms with Gasteiger partial charge in [0.05, 0.1) is 0 Å². The molecule has 2 N–H and O–H groups in total. The Balaban J connectivity index is 2.84. The third kappa shape index (κ3) is 3.58. The molecule has 1 amide bonds. The highest BCUT2D eigenvalue weighted by molar-refractivity contribution is 5.81. The van der Waals surface area contributed by atoms with Crippen molar-refractivity contribution in [1.82, 2.24) is 5.32 Å². The van der Waals surface area contributed by atoms with Gasteiger partial charge >= 0.3 is 12.1 Å². The standard InChI is InChI=1S/C12H12FNO4/c1-2-7-18-12(17)14-10(11(15)16)8-5-3-4-6-9(8)13/h2-6,10H,1,7H2,(H,14,17)(H,15,16). The first kappa shape index (κ1) is 13.7. The van der Waals surface area contributed by atoms with Crippen LogP contribution < -0.4 is 5.32 Å². The van der Waals surface area contributed by atoms with E-state index in [4.69, 9.17) is 5.11 Å². The van der Waals surface area contributed by atoms with E-state index in [1.54, 1.807) is 0 Å². The molecule has 0 aliphatic heterocycles. The fraction of sp³-hybridized carbons (Fsp3) is 0.167. The molecule has 0 aliphatic carbocycles. The summed E-state index contributed by atoms with van der Waals surface area (Å²) in [4.78, 5) is 22.2. The molecular weight excluding hydrogens is 241 g/mol. The molecule has 0 radical (unpaired) electrons. The number of alkyl carbamates (subject to hydrolysis) is 1. The number of nitrogens with one attached hydrogen (secondary N) is 1. The fourth-order valence-corrected chi connectivity index (χ4v) is 1.28. The zero-order chi connectivity index (χ0) is 13.5. The molecule has 0 heterocycles. The summed E-state index contributed by atoms with van der Waals surface area (Å²) in [6.45, 7) is 3.28. The topological polar surface area (TPSA) is 75.6 Å². The summed E-state index contributed by atoms with van der Waals surface area (Å²) in [5.41, 5.74) is -0.138. The summed E-state index contributed by atoms with van der Waals surface area (Å²) in [5, 5.41) is 11.0. The first-order valence-electron chi connectivity index (χ1n) is 5.07. The van der Waals surface area contributed by atoms with E-state index >= 15 is 0 Å². The largest absolute Gasteiger partial charge is 0.479 e. The minimum Gasteiger partial charge on any atom is -0.479 e. The normalized spacial score (nSPS) is 11.4. The number of aliphatic carboxylic acids is 1. The van der Waals surface area contributed by atoms with Crippen LogP contribution in [-0.4, -0.2) is 23.8 Å². The van der Waals surface area contributed by atoms with E-state index < -0.39 is 23.9 Å². The number of rotatable bonds is 5. The van der Waals surface area contributed by atoms with Gasteiger partial charge in [-0.25, -0.2) is 14.0 Å². The highest BCUT2D eigenvalue weighted by Crippen LogP contribution is 2.17. The number of benzene rings is 1. The summed E-state index contributed by atoms with van der Waals surface area (Å²) in [6, 6.07) is 3.80. The van der Waals surface area contributed by atoms with Gasteiger partial charge in [0.25, 0.3) is 0 Å². The number of ether oxygens (including phenoxy) is 1. The maximum absolute atomic E-state index is 13.4. The SMILES string of the molecule is C=CCOC(=O)NC(C(=O)O)c1ccccc1F. The smallest absolute Gasteiger partial charge is 0.408 e. The molecule has 1 aromatic rings. The first-order chi connectivity index (χ1) is 8.56. The predicted molar refractivity (Wildman–Crippen MR) is 61.5 cm³/mol. The number of carbonyl (C=O) groups is 2. The molecule has 18 heavy (non-hydrogen) atoms. The second-order valence-electron chi connectivity index (χ2n) is 3.32. The molecule has 1 unspecified atom stereocenters. The van der Waals surface area contributed by atoms with Crippen molar-refractivity contribution in [3.8, 4) is 0 Å². The lowest BCUT2D eigenvalue weighted by Gasteiger charge is -2.15. The number of amides is 1. The maximum Gasteiger partial charge on any atom is 0.408 e. The third-order valence-electron chi connectivity index (χ3n) is 2.06. The Kier molecular flexibility index (Phi) is 4.86. The van der Waals surface area contributed by atoms with E-state index in [0.29, 0.717) is 0 Å². The maximum atomic E-state index is 13.4. The number of hydrogen-bond donors (Lipinski definition) is 2. The molecule has 6 heteroatoms. The molecule has 1 rings (SSSR count). The average molecular weight is 253 g/mol. The van der Waals surface area contributed by atoms with Crippen LogP contribution in [0.1, 0.15) is 11.6 Å². The van der Waals surface area contributed by atoms with Gasteiger partial charge in [-0.3, -0.25) is 0 Å². The van der Waals surface area contributed by atoms with E-state index in [0.717, 1.165) is 6.07 Å². The molecule has 0 saturated carbocycles. The van der Waals surface area contributed by atoms with E-state index in [1.165, 1.54) is 24.3 Å². The van der Waals surface area contributed by atoms with Gasteiger partial charge in [-0.2, -0.15) is 0 Å². The van der Waals surface area contributed by atoms with Crippen LogP contribution >= 0.6 is 0 Å². The molecule has 1 aromatic carbocycles. The Morgan fingerprint density at radius 3 is 2.72 bits per heavy atom. The summed E-state index contributed by atoms with van der Waals surface area (Å²) >= 11 is 0. The number of carbonyl (C=O) groups excluding carboxylic acids is 1. The van der Waals surface area contributed by atoms with E-state index in [2.05, 4.69) is 16.6 Å². The zero-order valence-corrected chi connectivity index (χ0v) is 9.43. The van der Waals surface area contributed by atoms with Crippen molar-refractivity contribution in [2.24, 2.45) is 0 Å². The molecule has 0 fully saturated rings. The van der Waals surface area contributed by atoms with Gasteiger partial charge in [-0.1, -0.05) is 30.9 Å². The van der Waals surface area contributed by atoms with Crippen LogP contribution in [0.15, 0.2) is 36.9 Å². The number of hydrogen-bond acceptors (Lipinski definition) is 3. The quantitative estimate of drug-likeness (QED) is 0.785. The van der Waals surface area contributed by atoms with Gasteiger partial charge in [0, 0.05) is 5.56 Å². The van der Waals surface area contributed by atoms with Crippen molar-refractivity contribution < 1.29 is 23.8 Å². The predicted octanol–water partition coefficient (Wildman–Crippen LogP) is 1.86. The Morgan fingerprint density at radius 2 is 2.17 bits per heavy atom. The number of carboxylic acid groups (broad SMARTS) is 1. The average Bonchev–Trinajstić information content (AvgIpc) is 2.34. The first-order valence-corrected chi connectivity index (χ1v) is 5.07. The molecule has 0 aliphatic rings. The Labute approximate surface area is 103 Å². The van der Waals surface area contributed by atoms with Crippen LogP contribution in [0.2, 0.25) is 0 Å². The lowest BCUT2D eigenvalue weighted by atomic mass is 10.1. The van der Waals surface area contributed by atoms with Crippen molar-refractivity contribution in [2.75, 3.05) is 6.61 Å². The van der Waals surface area contributed by atoms with Crippen molar-refractivity contribution >= 4 is 12.1 Å². The van der Waals surface area contributed by atoms with Gasteiger partial charge in [0.1, 0.15) is 12.4 Å². The van der Waals surface area contributed by atoms with Crippen molar-refractivity contribution in [1.29, 1.82) is 0 Å². The van der Waals surface area contributed by atoms with Gasteiger partial charge in [0.15, 0.2) is 6.04 Å². The number of carboxylic acids is 1. The van der Waals surface area contributed by atoms with Crippen molar-refractivity contribution in [3.63, 3.8) is 0 Å². The Hall–Kier alpha value is -2.37. The third-order valence-corrected chi connectivity index (χ3v) is 2.06. The highest BCUT2D eigenvalue weighted by Gasteiger charge is 2.25. The lowest BCUT2D eigenvalue weighted by molar-refractivity contribution is -0.139. The molecule has 1 atom stereocenters. The Bertz CT molecular complexity index is 461. The molecule has 0 aromatic heterocycles. The highest BCUT2D eigenvalue weighted by atomic mass is 19.1. The number of halogens is 1. The van der Waals surface area contributed by atoms with E-state index in [-0.39, 0.29) is 12.2 Å². The van der Waals surface area contributed by atoms with Crippen LogP contribution in [0.25, 0.3) is 0 Å². The monoisotopic (exact) mass is 253 g/mol. The van der Waals surface area contributed by atoms with Gasteiger partial charge < -0.3 is 15.2 Å². The lowest BCUT2D eigenvalue weighted by Crippen LogP contribution is -2.34. The van der Waals surface area contributed by atoms with E-state index in [9.17, 15) is 14.0 Å². The van der Waals surface area contributed by atoms with Crippen LogP contribution in [-0.2, 0) is 9.53 Å². The summed E-state index contributed by atoms with van der Waals surface area (Å²) in [6.07, 6.45) is 0.379. The molecule has 5 nitrogen and oxygen atoms in total. The van der Waals surface area contributed by atoms with Gasteiger partial charge in [0.2, 0.25) is 0 Å². The van der Waals surface area contributed by atoms with E-state index in [1.807, 2.05) is 0 Å². The minimum atomic E-state index is -1.50. The molecule has 0 saturated heterocycles. The molecular formula is C12H12FNO4. The second kappa shape index (κ2) is 6.39. The van der Waals surface area contributed by atoms with Crippen LogP contribution in [0, 0.1) is 5.82 Å². The second-order valence-corrected chi connectivity index (χ2v) is 3.32. The van der Waals surface area contributed by atoms with Gasteiger partial charge in [-0.05, 0) is 6.07 Å².